The summed E-state index contributed by atoms with van der Waals surface area (Å²) in [5.41, 5.74) is -1.76. The van der Waals surface area contributed by atoms with Gasteiger partial charge in [0.1, 0.15) is 0 Å². The normalized spacial score (nSPS) is 29.7. The molecule has 0 saturated carbocycles. The van der Waals surface area contributed by atoms with Gasteiger partial charge >= 0.3 is 5.69 Å². The Bertz CT molecular complexity index is 992. The fourth-order valence-electron chi connectivity index (χ4n) is 3.28. The number of sulfone groups is 1. The number of aromatic amines is 1. The van der Waals surface area contributed by atoms with Gasteiger partial charge in [-0.3, -0.25) is 9.78 Å². The van der Waals surface area contributed by atoms with E-state index in [1.807, 2.05) is 4.98 Å². The lowest BCUT2D eigenvalue weighted by Crippen LogP contribution is -2.39. The van der Waals surface area contributed by atoms with E-state index in [1.54, 1.807) is 0 Å². The molecule has 2 fully saturated rings. The zero-order valence-corrected chi connectivity index (χ0v) is 14.6. The van der Waals surface area contributed by atoms with Crippen LogP contribution in [0.25, 0.3) is 0 Å². The van der Waals surface area contributed by atoms with Gasteiger partial charge in [0, 0.05) is 39.4 Å². The summed E-state index contributed by atoms with van der Waals surface area (Å²) < 4.78 is 56.9. The number of nitrogens with zero attached hydrogens (tertiary/aromatic N) is 2. The first-order valence-corrected chi connectivity index (χ1v) is 10.3. The topological polar surface area (TPSA) is 136 Å². The average molecular weight is 379 g/mol. The Labute approximate surface area is 138 Å². The number of fused-ring (bicyclic) bond motifs is 1. The maximum absolute atomic E-state index is 12.7. The predicted molar refractivity (Wildman–Crippen MR) is 82.9 cm³/mol. The molecule has 0 amide bonds. The largest absolute Gasteiger partial charge is 0.380 e. The van der Waals surface area contributed by atoms with E-state index in [1.165, 1.54) is 14.2 Å². The Morgan fingerprint density at radius 2 is 1.96 bits per heavy atom. The predicted octanol–water partition coefficient (Wildman–Crippen LogP) is -2.49. The van der Waals surface area contributed by atoms with Crippen LogP contribution in [0.5, 0.6) is 0 Å². The minimum absolute atomic E-state index is 0.0486. The molecular formula is C12H17N3O7S2. The fraction of sp³-hybridized carbons (Fsp3) is 0.667. The first-order valence-electron chi connectivity index (χ1n) is 7.12. The van der Waals surface area contributed by atoms with Gasteiger partial charge in [-0.2, -0.15) is 4.31 Å². The van der Waals surface area contributed by atoms with Crippen LogP contribution >= 0.6 is 0 Å². The second-order valence-electron chi connectivity index (χ2n) is 5.99. The van der Waals surface area contributed by atoms with E-state index in [4.69, 9.17) is 4.74 Å². The van der Waals surface area contributed by atoms with E-state index in [9.17, 15) is 26.4 Å². The minimum Gasteiger partial charge on any atom is -0.380 e. The summed E-state index contributed by atoms with van der Waals surface area (Å²) in [6.45, 7) is -0.273. The number of sulfonamides is 1. The van der Waals surface area contributed by atoms with Gasteiger partial charge in [0.2, 0.25) is 10.0 Å². The molecule has 0 aliphatic carbocycles. The summed E-state index contributed by atoms with van der Waals surface area (Å²) in [6.07, 6.45) is 0.367. The second kappa shape index (κ2) is 5.51. The minimum atomic E-state index is -4.22. The van der Waals surface area contributed by atoms with Crippen molar-refractivity contribution in [2.24, 2.45) is 13.0 Å². The summed E-state index contributed by atoms with van der Waals surface area (Å²) in [5, 5.41) is -0.844. The molecule has 2 saturated heterocycles. The van der Waals surface area contributed by atoms with Crippen LogP contribution in [0.2, 0.25) is 0 Å². The summed E-state index contributed by atoms with van der Waals surface area (Å²) >= 11 is 0. The average Bonchev–Trinajstić information content (AvgIpc) is 3.03. The van der Waals surface area contributed by atoms with Gasteiger partial charge in [0.25, 0.3) is 5.56 Å². The number of hydrogen-bond acceptors (Lipinski definition) is 7. The number of ether oxygens (including phenoxy) is 1. The van der Waals surface area contributed by atoms with Crippen molar-refractivity contribution in [3.8, 4) is 0 Å². The third-order valence-electron chi connectivity index (χ3n) is 4.61. The Morgan fingerprint density at radius 3 is 2.58 bits per heavy atom. The summed E-state index contributed by atoms with van der Waals surface area (Å²) in [5.74, 6) is -0.603. The van der Waals surface area contributed by atoms with Crippen molar-refractivity contribution in [2.45, 2.75) is 16.2 Å². The highest BCUT2D eigenvalue weighted by Gasteiger charge is 2.54. The number of hydrogen-bond donors (Lipinski definition) is 1. The maximum Gasteiger partial charge on any atom is 0.328 e. The van der Waals surface area contributed by atoms with E-state index in [0.29, 0.717) is 0 Å². The highest BCUT2D eigenvalue weighted by atomic mass is 32.2. The number of aryl methyl sites for hydroxylation is 1. The Kier molecular flexibility index (Phi) is 3.98. The Hall–Kier alpha value is -1.50. The molecule has 1 aromatic rings. The Morgan fingerprint density at radius 1 is 1.29 bits per heavy atom. The van der Waals surface area contributed by atoms with E-state index in [-0.39, 0.29) is 18.8 Å². The van der Waals surface area contributed by atoms with Gasteiger partial charge in [-0.05, 0) is 0 Å². The van der Waals surface area contributed by atoms with Crippen LogP contribution in [0.1, 0.15) is 0 Å². The van der Waals surface area contributed by atoms with Gasteiger partial charge in [-0.25, -0.2) is 21.6 Å². The third kappa shape index (κ3) is 2.53. The lowest BCUT2D eigenvalue weighted by Gasteiger charge is -2.19. The molecule has 0 bridgehead atoms. The first-order chi connectivity index (χ1) is 11.1. The monoisotopic (exact) mass is 379 g/mol. The van der Waals surface area contributed by atoms with E-state index >= 15 is 0 Å². The lowest BCUT2D eigenvalue weighted by atomic mass is 10.0. The molecule has 12 heteroatoms. The molecule has 3 rings (SSSR count). The fourth-order valence-corrected chi connectivity index (χ4v) is 7.24. The molecule has 134 valence electrons. The van der Waals surface area contributed by atoms with Crippen molar-refractivity contribution < 1.29 is 21.6 Å². The first kappa shape index (κ1) is 17.3. The zero-order chi connectivity index (χ0) is 17.9. The van der Waals surface area contributed by atoms with Crippen LogP contribution in [0.3, 0.4) is 0 Å². The maximum atomic E-state index is 12.7. The molecule has 0 unspecified atom stereocenters. The molecule has 2 aliphatic rings. The Balaban J connectivity index is 2.01. The van der Waals surface area contributed by atoms with Gasteiger partial charge in [0.05, 0.1) is 17.1 Å². The molecule has 24 heavy (non-hydrogen) atoms. The van der Waals surface area contributed by atoms with E-state index < -0.39 is 53.3 Å². The highest BCUT2D eigenvalue weighted by molar-refractivity contribution is 7.92. The van der Waals surface area contributed by atoms with Gasteiger partial charge in [-0.15, -0.1) is 0 Å². The number of H-pyrrole nitrogens is 1. The number of rotatable bonds is 3. The number of methoxy groups -OCH3 is 1. The van der Waals surface area contributed by atoms with Gasteiger partial charge in [-0.1, -0.05) is 0 Å². The summed E-state index contributed by atoms with van der Waals surface area (Å²) in [4.78, 5) is 24.6. The van der Waals surface area contributed by atoms with Gasteiger partial charge < -0.3 is 9.30 Å². The van der Waals surface area contributed by atoms with Crippen LogP contribution in [0.15, 0.2) is 20.7 Å². The molecule has 1 N–H and O–H groups in total. The molecule has 2 aliphatic heterocycles. The molecule has 0 aromatic carbocycles. The molecule has 3 heterocycles. The molecule has 10 nitrogen and oxygen atoms in total. The van der Waals surface area contributed by atoms with Crippen LogP contribution in [-0.2, 0) is 31.6 Å². The number of aromatic nitrogens is 2. The van der Waals surface area contributed by atoms with Crippen molar-refractivity contribution in [1.29, 1.82) is 0 Å². The van der Waals surface area contributed by atoms with Crippen molar-refractivity contribution in [2.75, 3.05) is 26.0 Å². The van der Waals surface area contributed by atoms with Crippen LogP contribution in [0.4, 0.5) is 0 Å². The highest BCUT2D eigenvalue weighted by Crippen LogP contribution is 2.37. The molecule has 0 radical (unpaired) electrons. The van der Waals surface area contributed by atoms with Crippen LogP contribution < -0.4 is 11.2 Å². The second-order valence-corrected chi connectivity index (χ2v) is 10.2. The van der Waals surface area contributed by atoms with Crippen molar-refractivity contribution >= 4 is 19.9 Å². The number of nitrogens with one attached hydrogen (secondary N) is 1. The molecular weight excluding hydrogens is 362 g/mol. The van der Waals surface area contributed by atoms with Crippen LogP contribution in [0, 0.1) is 5.92 Å². The quantitative estimate of drug-likeness (QED) is 0.613. The SMILES string of the molecule is CO[C@@H]1CS(=O)(=O)[C@H]2CN(S(=O)(=O)c3cn(C)c(=O)[nH]c3=O)C[C@@H]12. The molecule has 3 atom stereocenters. The third-order valence-corrected chi connectivity index (χ3v) is 8.65. The van der Waals surface area contributed by atoms with Crippen molar-refractivity contribution in [3.63, 3.8) is 0 Å². The van der Waals surface area contributed by atoms with Gasteiger partial charge in [0.15, 0.2) is 14.7 Å². The zero-order valence-electron chi connectivity index (χ0n) is 13.0. The van der Waals surface area contributed by atoms with Crippen LogP contribution in [-0.4, -0.2) is 68.0 Å². The summed E-state index contributed by atoms with van der Waals surface area (Å²) in [6, 6.07) is 0. The van der Waals surface area contributed by atoms with E-state index in [2.05, 4.69) is 0 Å². The molecule has 0 spiro atoms. The summed E-state index contributed by atoms with van der Waals surface area (Å²) in [7, 11) is -4.99. The van der Waals surface area contributed by atoms with E-state index in [0.717, 1.165) is 15.1 Å². The lowest BCUT2D eigenvalue weighted by molar-refractivity contribution is 0.0840. The smallest absolute Gasteiger partial charge is 0.328 e. The van der Waals surface area contributed by atoms with Crippen molar-refractivity contribution in [1.82, 2.24) is 13.9 Å². The van der Waals surface area contributed by atoms with Crippen molar-refractivity contribution in [3.05, 3.63) is 27.0 Å². The molecule has 1 aromatic heterocycles. The standard InChI is InChI=1S/C12H17N3O7S2/c1-14-4-10(11(16)13-12(14)17)24(20,21)15-3-7-8(22-2)6-23(18,19)9(7)5-15/h4,7-9H,3,5-6H2,1-2H3,(H,13,16,17)/t7-,8+,9-/m0/s1.